The summed E-state index contributed by atoms with van der Waals surface area (Å²) in [5.74, 6) is 0.474. The number of ether oxygens (including phenoxy) is 2. The number of H-pyrrole nitrogens is 1. The molecule has 0 radical (unpaired) electrons. The molecule has 0 aliphatic heterocycles. The Hall–Kier alpha value is -3.94. The summed E-state index contributed by atoms with van der Waals surface area (Å²) >= 11 is 0. The largest absolute Gasteiger partial charge is 0.481 e. The maximum atomic E-state index is 14.1. The first-order valence-corrected chi connectivity index (χ1v) is 10.4. The van der Waals surface area contributed by atoms with Crippen molar-refractivity contribution in [2.24, 2.45) is 0 Å². The maximum Gasteiger partial charge on any atom is 0.420 e. The smallest absolute Gasteiger partial charge is 0.420 e. The monoisotopic (exact) mass is 448 g/mol. The molecule has 0 aliphatic carbocycles. The first-order chi connectivity index (χ1) is 15.7. The number of rotatable bonds is 4. The molecule has 0 unspecified atom stereocenters. The molecule has 4 rings (SSSR count). The van der Waals surface area contributed by atoms with Crippen LogP contribution in [0.5, 0.6) is 5.88 Å². The van der Waals surface area contributed by atoms with E-state index in [1.807, 2.05) is 12.1 Å². The van der Waals surface area contributed by atoms with E-state index in [-0.39, 0.29) is 5.82 Å². The van der Waals surface area contributed by atoms with E-state index in [9.17, 15) is 9.18 Å². The molecule has 170 valence electrons. The van der Waals surface area contributed by atoms with Crippen LogP contribution in [0, 0.1) is 12.7 Å². The Kier molecular flexibility index (Phi) is 5.76. The zero-order chi connectivity index (χ0) is 23.8. The van der Waals surface area contributed by atoms with E-state index in [0.717, 1.165) is 5.39 Å². The lowest BCUT2D eigenvalue weighted by atomic mass is 10.1. The Morgan fingerprint density at radius 3 is 2.58 bits per heavy atom. The molecule has 1 N–H and O–H groups in total. The molecule has 3 heterocycles. The molecule has 0 atom stereocenters. The Morgan fingerprint density at radius 2 is 1.91 bits per heavy atom. The number of carbonyl (C=O) groups is 1. The van der Waals surface area contributed by atoms with E-state index in [0.29, 0.717) is 39.7 Å². The van der Waals surface area contributed by atoms with Crippen LogP contribution in [0.1, 0.15) is 26.3 Å². The van der Waals surface area contributed by atoms with Gasteiger partial charge in [-0.2, -0.15) is 0 Å². The highest BCUT2D eigenvalue weighted by Gasteiger charge is 2.28. The number of halogens is 1. The van der Waals surface area contributed by atoms with Gasteiger partial charge in [-0.15, -0.1) is 0 Å². The third kappa shape index (κ3) is 4.64. The minimum Gasteiger partial charge on any atom is -0.481 e. The average Bonchev–Trinajstić information content (AvgIpc) is 3.16. The molecule has 8 heteroatoms. The van der Waals surface area contributed by atoms with Crippen molar-refractivity contribution in [3.8, 4) is 17.1 Å². The van der Waals surface area contributed by atoms with E-state index < -0.39 is 11.7 Å². The summed E-state index contributed by atoms with van der Waals surface area (Å²) < 4.78 is 24.9. The van der Waals surface area contributed by atoms with Gasteiger partial charge in [-0.25, -0.2) is 24.1 Å². The summed E-state index contributed by atoms with van der Waals surface area (Å²) in [6.07, 6.45) is 2.51. The van der Waals surface area contributed by atoms with Crippen LogP contribution in [0.15, 0.2) is 54.9 Å². The van der Waals surface area contributed by atoms with Gasteiger partial charge >= 0.3 is 6.09 Å². The minimum atomic E-state index is -0.722. The highest BCUT2D eigenvalue weighted by Crippen LogP contribution is 2.36. The number of hydrogen-bond donors (Lipinski definition) is 1. The van der Waals surface area contributed by atoms with Crippen molar-refractivity contribution in [2.75, 3.05) is 12.0 Å². The van der Waals surface area contributed by atoms with Gasteiger partial charge in [0.2, 0.25) is 5.88 Å². The van der Waals surface area contributed by atoms with Crippen LogP contribution >= 0.6 is 0 Å². The first kappa shape index (κ1) is 22.3. The summed E-state index contributed by atoms with van der Waals surface area (Å²) in [6.45, 7) is 7.10. The number of pyridine rings is 2. The van der Waals surface area contributed by atoms with Crippen molar-refractivity contribution >= 4 is 28.5 Å². The van der Waals surface area contributed by atoms with Crippen LogP contribution in [0.3, 0.4) is 0 Å². The topological polar surface area (TPSA) is 80.3 Å². The van der Waals surface area contributed by atoms with Gasteiger partial charge < -0.3 is 14.5 Å². The fourth-order valence-corrected chi connectivity index (χ4v) is 3.45. The second-order valence-corrected chi connectivity index (χ2v) is 8.62. The minimum absolute atomic E-state index is 0.290. The van der Waals surface area contributed by atoms with E-state index in [1.165, 1.54) is 24.3 Å². The maximum absolute atomic E-state index is 14.1. The van der Waals surface area contributed by atoms with Crippen molar-refractivity contribution in [2.45, 2.75) is 33.3 Å². The third-order valence-corrected chi connectivity index (χ3v) is 4.95. The Morgan fingerprint density at radius 1 is 1.12 bits per heavy atom. The summed E-state index contributed by atoms with van der Waals surface area (Å²) in [6, 6.07) is 12.1. The molecule has 0 fully saturated rings. The van der Waals surface area contributed by atoms with E-state index in [4.69, 9.17) is 9.47 Å². The van der Waals surface area contributed by atoms with Crippen LogP contribution in [-0.4, -0.2) is 33.8 Å². The number of fused-ring (bicyclic) bond motifs is 1. The van der Waals surface area contributed by atoms with Crippen LogP contribution in [0.2, 0.25) is 0 Å². The van der Waals surface area contributed by atoms with E-state index in [2.05, 4.69) is 15.0 Å². The molecule has 0 saturated heterocycles. The van der Waals surface area contributed by atoms with Crippen molar-refractivity contribution in [1.29, 1.82) is 0 Å². The fraction of sp³-hybridized carbons (Fsp3) is 0.240. The van der Waals surface area contributed by atoms with Crippen LogP contribution in [0.25, 0.3) is 22.2 Å². The predicted octanol–water partition coefficient (Wildman–Crippen LogP) is 6.15. The summed E-state index contributed by atoms with van der Waals surface area (Å²) in [5.41, 5.74) is 2.28. The second kappa shape index (κ2) is 8.54. The molecule has 3 aromatic heterocycles. The number of nitrogens with zero attached hydrogens (tertiary/aromatic N) is 3. The van der Waals surface area contributed by atoms with Crippen molar-refractivity contribution < 1.29 is 18.7 Å². The molecule has 33 heavy (non-hydrogen) atoms. The number of aromatic amines is 1. The molecule has 1 aromatic carbocycles. The number of benzene rings is 1. The first-order valence-electron chi connectivity index (χ1n) is 10.4. The van der Waals surface area contributed by atoms with Crippen LogP contribution < -0.4 is 9.64 Å². The van der Waals surface area contributed by atoms with Gasteiger partial charge in [0, 0.05) is 28.7 Å². The second-order valence-electron chi connectivity index (χ2n) is 8.62. The van der Waals surface area contributed by atoms with Gasteiger partial charge in [0.25, 0.3) is 0 Å². The van der Waals surface area contributed by atoms with Gasteiger partial charge in [-0.05, 0) is 69.7 Å². The molecular formula is C25H25FN4O3. The highest BCUT2D eigenvalue weighted by molar-refractivity contribution is 6.00. The Balaban J connectivity index is 1.87. The van der Waals surface area contributed by atoms with Crippen molar-refractivity contribution in [3.05, 3.63) is 66.2 Å². The lowest BCUT2D eigenvalue weighted by Gasteiger charge is -2.27. The number of anilines is 2. The molecule has 0 spiro atoms. The molecule has 4 aromatic rings. The zero-order valence-electron chi connectivity index (χ0n) is 19.1. The molecule has 1 amide bonds. The highest BCUT2D eigenvalue weighted by atomic mass is 19.1. The lowest BCUT2D eigenvalue weighted by Crippen LogP contribution is -2.34. The average molecular weight is 448 g/mol. The third-order valence-electron chi connectivity index (χ3n) is 4.95. The summed E-state index contributed by atoms with van der Waals surface area (Å²) in [4.78, 5) is 26.6. The quantitative estimate of drug-likeness (QED) is 0.405. The van der Waals surface area contributed by atoms with Gasteiger partial charge in [0.05, 0.1) is 24.7 Å². The molecule has 0 aliphatic rings. The van der Waals surface area contributed by atoms with E-state index >= 15 is 0 Å². The molecule has 0 saturated carbocycles. The fourth-order valence-electron chi connectivity index (χ4n) is 3.45. The number of aromatic nitrogens is 3. The normalized spacial score (nSPS) is 11.5. The van der Waals surface area contributed by atoms with Gasteiger partial charge in [-0.1, -0.05) is 0 Å². The number of nitrogens with one attached hydrogen (secondary N) is 1. The number of carbonyl (C=O) groups excluding carboxylic acids is 1. The molecule has 7 nitrogen and oxygen atoms in total. The van der Waals surface area contributed by atoms with Crippen molar-refractivity contribution in [3.63, 3.8) is 0 Å². The zero-order valence-corrected chi connectivity index (χ0v) is 19.1. The van der Waals surface area contributed by atoms with Gasteiger partial charge in [0.1, 0.15) is 11.4 Å². The number of amides is 1. The number of methoxy groups -OCH3 is 1. The molecular weight excluding hydrogens is 423 g/mol. The number of aryl methyl sites for hydroxylation is 1. The standard InChI is InChI=1S/C25H25FN4O3/c1-15-11-16-12-21(29-20(16)13-19(15)26)18-7-6-10-27-23(18)30(24(31)33-25(2,3)4)17-8-9-22(32-5)28-14-17/h6-14,29H,1-5H3. The Bertz CT molecular complexity index is 1270. The summed E-state index contributed by atoms with van der Waals surface area (Å²) in [5, 5.41) is 0.855. The van der Waals surface area contributed by atoms with Crippen LogP contribution in [-0.2, 0) is 4.74 Å². The van der Waals surface area contributed by atoms with Gasteiger partial charge in [0.15, 0.2) is 5.82 Å². The van der Waals surface area contributed by atoms with Crippen molar-refractivity contribution in [1.82, 2.24) is 15.0 Å². The summed E-state index contributed by atoms with van der Waals surface area (Å²) in [7, 11) is 1.52. The van der Waals surface area contributed by atoms with Crippen LogP contribution in [0.4, 0.5) is 20.7 Å². The SMILES string of the molecule is COc1ccc(N(C(=O)OC(C)(C)C)c2ncccc2-c2cc3cc(C)c(F)cc3[nH]2)cn1. The van der Waals surface area contributed by atoms with E-state index in [1.54, 1.807) is 58.2 Å². The molecule has 0 bridgehead atoms. The van der Waals surface area contributed by atoms with Gasteiger partial charge in [-0.3, -0.25) is 0 Å². The Labute approximate surface area is 191 Å². The predicted molar refractivity (Wildman–Crippen MR) is 125 cm³/mol. The lowest BCUT2D eigenvalue weighted by molar-refractivity contribution is 0.0598. The number of hydrogen-bond acceptors (Lipinski definition) is 5.